The Morgan fingerprint density at radius 3 is 2.67 bits per heavy atom. The number of hydrogen-bond acceptors (Lipinski definition) is 3. The maximum absolute atomic E-state index is 12.5. The van der Waals surface area contributed by atoms with Gasteiger partial charge in [-0.15, -0.1) is 0 Å². The Bertz CT molecular complexity index is 1040. The Kier molecular flexibility index (Phi) is 3.29. The molecular formula is C20H15ClO3. The Labute approximate surface area is 144 Å². The molecule has 1 aromatic heterocycles. The molecule has 24 heavy (non-hydrogen) atoms. The normalized spacial score (nSPS) is 15.1. The van der Waals surface area contributed by atoms with Crippen LogP contribution in [0.25, 0.3) is 28.4 Å². The molecule has 4 heteroatoms. The summed E-state index contributed by atoms with van der Waals surface area (Å²) < 4.78 is 12.0. The molecule has 0 aliphatic carbocycles. The van der Waals surface area contributed by atoms with Gasteiger partial charge in [-0.1, -0.05) is 23.7 Å². The third kappa shape index (κ3) is 2.42. The lowest BCUT2D eigenvalue weighted by Crippen LogP contribution is -2.27. The molecule has 0 fully saturated rings. The molecule has 4 rings (SSSR count). The van der Waals surface area contributed by atoms with Gasteiger partial charge in [0.15, 0.2) is 5.43 Å². The zero-order valence-electron chi connectivity index (χ0n) is 13.3. The maximum Gasteiger partial charge on any atom is 0.193 e. The standard InChI is InChI=1S/C20H15ClO3/c1-20(2)10-9-14-17(24-20)8-7-13-16(22)11-18(23-19(13)14)12-5-3-4-6-15(12)21/h3-11H,1-2H3. The van der Waals surface area contributed by atoms with Crippen LogP contribution in [-0.2, 0) is 0 Å². The van der Waals surface area contributed by atoms with Crippen LogP contribution < -0.4 is 10.2 Å². The van der Waals surface area contributed by atoms with Crippen molar-refractivity contribution in [1.29, 1.82) is 0 Å². The third-order valence-electron chi connectivity index (χ3n) is 4.06. The smallest absolute Gasteiger partial charge is 0.193 e. The number of halogens is 1. The first-order valence-electron chi connectivity index (χ1n) is 7.69. The topological polar surface area (TPSA) is 39.4 Å². The molecule has 1 aliphatic rings. The number of benzene rings is 2. The Morgan fingerprint density at radius 2 is 1.88 bits per heavy atom. The fraction of sp³-hybridized carbons (Fsp3) is 0.150. The van der Waals surface area contributed by atoms with Crippen LogP contribution in [0.5, 0.6) is 5.75 Å². The quantitative estimate of drug-likeness (QED) is 0.604. The molecule has 0 spiro atoms. The van der Waals surface area contributed by atoms with E-state index >= 15 is 0 Å². The van der Waals surface area contributed by atoms with E-state index in [0.717, 1.165) is 5.56 Å². The van der Waals surface area contributed by atoms with Crippen molar-refractivity contribution in [2.45, 2.75) is 19.4 Å². The molecule has 1 aliphatic heterocycles. The summed E-state index contributed by atoms with van der Waals surface area (Å²) in [5.74, 6) is 1.15. The minimum atomic E-state index is -0.388. The van der Waals surface area contributed by atoms with Crippen molar-refractivity contribution < 1.29 is 9.15 Å². The predicted octanol–water partition coefficient (Wildman–Crippen LogP) is 5.30. The molecule has 0 saturated heterocycles. The molecule has 0 unspecified atom stereocenters. The second-order valence-corrected chi connectivity index (χ2v) is 6.75. The van der Waals surface area contributed by atoms with Gasteiger partial charge >= 0.3 is 0 Å². The van der Waals surface area contributed by atoms with E-state index in [9.17, 15) is 4.79 Å². The summed E-state index contributed by atoms with van der Waals surface area (Å²) in [6, 6.07) is 12.3. The molecule has 3 nitrogen and oxygen atoms in total. The van der Waals surface area contributed by atoms with Gasteiger partial charge in [0, 0.05) is 11.6 Å². The summed E-state index contributed by atoms with van der Waals surface area (Å²) in [6.07, 6.45) is 3.90. The summed E-state index contributed by atoms with van der Waals surface area (Å²) in [5, 5.41) is 1.07. The Hall–Kier alpha value is -2.52. The Balaban J connectivity index is 2.01. The van der Waals surface area contributed by atoms with E-state index in [1.165, 1.54) is 6.07 Å². The van der Waals surface area contributed by atoms with Crippen molar-refractivity contribution in [3.8, 4) is 17.1 Å². The van der Waals surface area contributed by atoms with E-state index in [1.54, 1.807) is 12.1 Å². The van der Waals surface area contributed by atoms with Gasteiger partial charge in [-0.25, -0.2) is 0 Å². The number of hydrogen-bond donors (Lipinski definition) is 0. The van der Waals surface area contributed by atoms with Crippen molar-refractivity contribution in [2.24, 2.45) is 0 Å². The second kappa shape index (κ2) is 5.25. The first-order chi connectivity index (χ1) is 11.4. The molecule has 0 saturated carbocycles. The summed E-state index contributed by atoms with van der Waals surface area (Å²) in [4.78, 5) is 12.5. The fourth-order valence-corrected chi connectivity index (χ4v) is 3.09. The lowest BCUT2D eigenvalue weighted by molar-refractivity contribution is 0.159. The fourth-order valence-electron chi connectivity index (χ4n) is 2.86. The van der Waals surface area contributed by atoms with Crippen molar-refractivity contribution >= 4 is 28.6 Å². The molecule has 0 atom stereocenters. The highest BCUT2D eigenvalue weighted by Crippen LogP contribution is 2.37. The van der Waals surface area contributed by atoms with Crippen LogP contribution >= 0.6 is 11.6 Å². The monoisotopic (exact) mass is 338 g/mol. The molecular weight excluding hydrogens is 324 g/mol. The Morgan fingerprint density at radius 1 is 1.08 bits per heavy atom. The van der Waals surface area contributed by atoms with Gasteiger partial charge in [-0.05, 0) is 50.3 Å². The van der Waals surface area contributed by atoms with E-state index in [1.807, 2.05) is 50.3 Å². The molecule has 0 N–H and O–H groups in total. The number of ether oxygens (including phenoxy) is 1. The van der Waals surface area contributed by atoms with Gasteiger partial charge in [0.25, 0.3) is 0 Å². The minimum Gasteiger partial charge on any atom is -0.483 e. The molecule has 2 aromatic carbocycles. The molecule has 120 valence electrons. The molecule has 0 bridgehead atoms. The van der Waals surface area contributed by atoms with Crippen LogP contribution in [0.4, 0.5) is 0 Å². The van der Waals surface area contributed by atoms with Gasteiger partial charge < -0.3 is 9.15 Å². The molecule has 0 amide bonds. The average Bonchev–Trinajstić information content (AvgIpc) is 2.53. The van der Waals surface area contributed by atoms with Gasteiger partial charge in [0.05, 0.1) is 16.0 Å². The van der Waals surface area contributed by atoms with Crippen molar-refractivity contribution in [1.82, 2.24) is 0 Å². The lowest BCUT2D eigenvalue weighted by atomic mass is 10.0. The summed E-state index contributed by atoms with van der Waals surface area (Å²) in [5.41, 5.74) is 1.49. The van der Waals surface area contributed by atoms with E-state index in [0.29, 0.717) is 33.1 Å². The van der Waals surface area contributed by atoms with Crippen molar-refractivity contribution in [3.05, 3.63) is 69.4 Å². The van der Waals surface area contributed by atoms with E-state index in [2.05, 4.69) is 0 Å². The van der Waals surface area contributed by atoms with Crippen LogP contribution in [-0.4, -0.2) is 5.60 Å². The van der Waals surface area contributed by atoms with Gasteiger partial charge in [0.1, 0.15) is 22.7 Å². The van der Waals surface area contributed by atoms with Crippen LogP contribution in [0.2, 0.25) is 5.02 Å². The zero-order chi connectivity index (χ0) is 16.9. The first kappa shape index (κ1) is 15.0. The predicted molar refractivity (Wildman–Crippen MR) is 96.7 cm³/mol. The maximum atomic E-state index is 12.5. The lowest BCUT2D eigenvalue weighted by Gasteiger charge is -2.28. The van der Waals surface area contributed by atoms with Gasteiger partial charge in [-0.3, -0.25) is 4.79 Å². The van der Waals surface area contributed by atoms with E-state index in [-0.39, 0.29) is 11.0 Å². The second-order valence-electron chi connectivity index (χ2n) is 6.35. The summed E-state index contributed by atoms with van der Waals surface area (Å²) in [7, 11) is 0. The highest BCUT2D eigenvalue weighted by Gasteiger charge is 2.24. The largest absolute Gasteiger partial charge is 0.483 e. The van der Waals surface area contributed by atoms with E-state index in [4.69, 9.17) is 20.8 Å². The highest BCUT2D eigenvalue weighted by atomic mass is 35.5. The van der Waals surface area contributed by atoms with Crippen molar-refractivity contribution in [3.63, 3.8) is 0 Å². The van der Waals surface area contributed by atoms with Crippen molar-refractivity contribution in [2.75, 3.05) is 0 Å². The number of rotatable bonds is 1. The number of fused-ring (bicyclic) bond motifs is 3. The van der Waals surface area contributed by atoms with Gasteiger partial charge in [0.2, 0.25) is 0 Å². The molecule has 2 heterocycles. The van der Waals surface area contributed by atoms with Crippen LogP contribution in [0.15, 0.2) is 57.8 Å². The average molecular weight is 339 g/mol. The summed E-state index contributed by atoms with van der Waals surface area (Å²) >= 11 is 6.24. The van der Waals surface area contributed by atoms with E-state index < -0.39 is 0 Å². The third-order valence-corrected chi connectivity index (χ3v) is 4.39. The molecule has 0 radical (unpaired) electrons. The highest BCUT2D eigenvalue weighted by molar-refractivity contribution is 6.33. The van der Waals surface area contributed by atoms with Crippen LogP contribution in [0, 0.1) is 0 Å². The van der Waals surface area contributed by atoms with Crippen LogP contribution in [0.1, 0.15) is 19.4 Å². The molecule has 3 aromatic rings. The first-order valence-corrected chi connectivity index (χ1v) is 8.06. The minimum absolute atomic E-state index is 0.104. The SMILES string of the molecule is CC1(C)C=Cc2c(ccc3c(=O)cc(-c4ccccc4Cl)oc23)O1. The van der Waals surface area contributed by atoms with Gasteiger partial charge in [-0.2, -0.15) is 0 Å². The zero-order valence-corrected chi connectivity index (χ0v) is 14.1. The summed E-state index contributed by atoms with van der Waals surface area (Å²) in [6.45, 7) is 3.96. The van der Waals surface area contributed by atoms with Crippen LogP contribution in [0.3, 0.4) is 0 Å².